The summed E-state index contributed by atoms with van der Waals surface area (Å²) in [6.45, 7) is 4.56. The van der Waals surface area contributed by atoms with Gasteiger partial charge >= 0.3 is 0 Å². The molecule has 1 fully saturated rings. The lowest BCUT2D eigenvalue weighted by atomic mass is 10.0. The monoisotopic (exact) mass is 479 g/mol. The SMILES string of the molecule is CCCSc1ccc(NC(=O)CCc2ccc3c(c2)C(=O)N(C2CCC(=O)NC2=O)C3)cc1C. The fourth-order valence-electron chi connectivity index (χ4n) is 4.34. The van der Waals surface area contributed by atoms with Gasteiger partial charge in [-0.15, -0.1) is 11.8 Å². The van der Waals surface area contributed by atoms with Gasteiger partial charge in [0.1, 0.15) is 6.04 Å². The Hall–Kier alpha value is -3.13. The Morgan fingerprint density at radius 2 is 2.00 bits per heavy atom. The third kappa shape index (κ3) is 5.33. The number of carbonyl (C=O) groups excluding carboxylic acids is 4. The van der Waals surface area contributed by atoms with Crippen LogP contribution in [-0.2, 0) is 27.3 Å². The molecule has 2 heterocycles. The minimum absolute atomic E-state index is 0.0784. The van der Waals surface area contributed by atoms with E-state index in [1.54, 1.807) is 0 Å². The third-order valence-electron chi connectivity index (χ3n) is 6.15. The van der Waals surface area contributed by atoms with Gasteiger partial charge in [0.2, 0.25) is 17.7 Å². The van der Waals surface area contributed by atoms with Crippen molar-refractivity contribution in [2.75, 3.05) is 11.1 Å². The molecule has 2 aromatic rings. The van der Waals surface area contributed by atoms with Crippen molar-refractivity contribution in [1.29, 1.82) is 0 Å². The van der Waals surface area contributed by atoms with E-state index in [-0.39, 0.29) is 24.1 Å². The zero-order valence-electron chi connectivity index (χ0n) is 19.5. The topological polar surface area (TPSA) is 95.6 Å². The number of nitrogens with zero attached hydrogens (tertiary/aromatic N) is 1. The van der Waals surface area contributed by atoms with E-state index >= 15 is 0 Å². The first-order valence-electron chi connectivity index (χ1n) is 11.7. The summed E-state index contributed by atoms with van der Waals surface area (Å²) in [5.41, 5.74) is 4.26. The number of piperidine rings is 1. The van der Waals surface area contributed by atoms with Crippen molar-refractivity contribution in [1.82, 2.24) is 10.2 Å². The van der Waals surface area contributed by atoms with Crippen LogP contribution < -0.4 is 10.6 Å². The Bertz CT molecular complexity index is 1150. The molecule has 2 aliphatic rings. The maximum Gasteiger partial charge on any atom is 0.255 e. The summed E-state index contributed by atoms with van der Waals surface area (Å²) in [5.74, 6) is 0.0767. The Kier molecular flexibility index (Phi) is 7.36. The second kappa shape index (κ2) is 10.4. The number of amides is 4. The van der Waals surface area contributed by atoms with Crippen LogP contribution >= 0.6 is 11.8 Å². The number of fused-ring (bicyclic) bond motifs is 1. The maximum absolute atomic E-state index is 13.0. The first-order valence-corrected chi connectivity index (χ1v) is 12.6. The molecule has 2 N–H and O–H groups in total. The molecule has 0 radical (unpaired) electrons. The summed E-state index contributed by atoms with van der Waals surface area (Å²) in [5, 5.41) is 5.28. The molecular formula is C26H29N3O4S. The summed E-state index contributed by atoms with van der Waals surface area (Å²) in [6.07, 6.45) is 2.50. The van der Waals surface area contributed by atoms with Crippen molar-refractivity contribution in [3.8, 4) is 0 Å². The summed E-state index contributed by atoms with van der Waals surface area (Å²) in [6, 6.07) is 11.0. The number of anilines is 1. The van der Waals surface area contributed by atoms with E-state index in [2.05, 4.69) is 17.6 Å². The van der Waals surface area contributed by atoms with E-state index < -0.39 is 11.9 Å². The highest BCUT2D eigenvalue weighted by Gasteiger charge is 2.39. The van der Waals surface area contributed by atoms with Crippen LogP contribution in [0.4, 0.5) is 5.69 Å². The molecule has 0 spiro atoms. The molecule has 1 unspecified atom stereocenters. The van der Waals surface area contributed by atoms with E-state index in [9.17, 15) is 19.2 Å². The van der Waals surface area contributed by atoms with Crippen molar-refractivity contribution in [2.45, 2.75) is 63.4 Å². The highest BCUT2D eigenvalue weighted by molar-refractivity contribution is 7.99. The second-order valence-electron chi connectivity index (χ2n) is 8.77. The minimum Gasteiger partial charge on any atom is -0.326 e. The molecule has 4 rings (SSSR count). The lowest BCUT2D eigenvalue weighted by Gasteiger charge is -2.29. The van der Waals surface area contributed by atoms with Gasteiger partial charge in [0.05, 0.1) is 0 Å². The number of thioether (sulfide) groups is 1. The van der Waals surface area contributed by atoms with Crippen LogP contribution in [0.25, 0.3) is 0 Å². The molecule has 0 aromatic heterocycles. The van der Waals surface area contributed by atoms with Gasteiger partial charge in [0.25, 0.3) is 5.91 Å². The average molecular weight is 480 g/mol. The summed E-state index contributed by atoms with van der Waals surface area (Å²) in [7, 11) is 0. The Labute approximate surface area is 203 Å². The van der Waals surface area contributed by atoms with Crippen LogP contribution in [0.5, 0.6) is 0 Å². The molecule has 1 atom stereocenters. The van der Waals surface area contributed by atoms with Gasteiger partial charge in [-0.1, -0.05) is 19.1 Å². The van der Waals surface area contributed by atoms with Gasteiger partial charge in [-0.25, -0.2) is 0 Å². The van der Waals surface area contributed by atoms with Crippen molar-refractivity contribution < 1.29 is 19.2 Å². The number of benzene rings is 2. The molecule has 2 aliphatic heterocycles. The highest BCUT2D eigenvalue weighted by Crippen LogP contribution is 2.29. The molecule has 0 bridgehead atoms. The highest BCUT2D eigenvalue weighted by atomic mass is 32.2. The van der Waals surface area contributed by atoms with E-state index in [1.807, 2.05) is 55.1 Å². The van der Waals surface area contributed by atoms with Crippen molar-refractivity contribution >= 4 is 41.1 Å². The van der Waals surface area contributed by atoms with Crippen molar-refractivity contribution in [2.24, 2.45) is 0 Å². The van der Waals surface area contributed by atoms with Crippen LogP contribution in [0.2, 0.25) is 0 Å². The number of aryl methyl sites for hydroxylation is 2. The number of rotatable bonds is 8. The molecule has 34 heavy (non-hydrogen) atoms. The number of hydrogen-bond acceptors (Lipinski definition) is 5. The Morgan fingerprint density at radius 1 is 1.18 bits per heavy atom. The fourth-order valence-corrected chi connectivity index (χ4v) is 5.21. The average Bonchev–Trinajstić information content (AvgIpc) is 3.13. The van der Waals surface area contributed by atoms with Crippen molar-refractivity contribution in [3.05, 3.63) is 58.7 Å². The van der Waals surface area contributed by atoms with Gasteiger partial charge in [-0.3, -0.25) is 24.5 Å². The zero-order chi connectivity index (χ0) is 24.2. The van der Waals surface area contributed by atoms with E-state index in [0.717, 1.165) is 34.6 Å². The van der Waals surface area contributed by atoms with Crippen LogP contribution in [-0.4, -0.2) is 40.3 Å². The number of hydrogen-bond donors (Lipinski definition) is 2. The van der Waals surface area contributed by atoms with E-state index in [0.29, 0.717) is 31.4 Å². The Balaban J connectivity index is 1.34. The third-order valence-corrected chi connectivity index (χ3v) is 7.54. The first-order chi connectivity index (χ1) is 16.4. The van der Waals surface area contributed by atoms with Gasteiger partial charge in [-0.2, -0.15) is 0 Å². The van der Waals surface area contributed by atoms with Crippen LogP contribution in [0.1, 0.15) is 59.7 Å². The lowest BCUT2D eigenvalue weighted by molar-refractivity contribution is -0.137. The van der Waals surface area contributed by atoms with Crippen LogP contribution in [0, 0.1) is 6.92 Å². The summed E-state index contributed by atoms with van der Waals surface area (Å²) < 4.78 is 0. The predicted octanol–water partition coefficient (Wildman–Crippen LogP) is 3.83. The first kappa shape index (κ1) is 24.0. The molecule has 178 valence electrons. The molecule has 8 heteroatoms. The zero-order valence-corrected chi connectivity index (χ0v) is 20.3. The number of carbonyl (C=O) groups is 4. The fraction of sp³-hybridized carbons (Fsp3) is 0.385. The predicted molar refractivity (Wildman–Crippen MR) is 132 cm³/mol. The van der Waals surface area contributed by atoms with Gasteiger partial charge < -0.3 is 10.2 Å². The quantitative estimate of drug-likeness (QED) is 0.443. The number of imide groups is 1. The Morgan fingerprint density at radius 3 is 2.74 bits per heavy atom. The van der Waals surface area contributed by atoms with E-state index in [1.165, 1.54) is 9.80 Å². The summed E-state index contributed by atoms with van der Waals surface area (Å²) >= 11 is 1.82. The second-order valence-corrected chi connectivity index (χ2v) is 9.91. The molecule has 0 saturated carbocycles. The van der Waals surface area contributed by atoms with Crippen LogP contribution in [0.15, 0.2) is 41.3 Å². The molecule has 1 saturated heterocycles. The molecular weight excluding hydrogens is 450 g/mol. The van der Waals surface area contributed by atoms with Crippen molar-refractivity contribution in [3.63, 3.8) is 0 Å². The van der Waals surface area contributed by atoms with E-state index in [4.69, 9.17) is 0 Å². The molecule has 7 nitrogen and oxygen atoms in total. The molecule has 0 aliphatic carbocycles. The lowest BCUT2D eigenvalue weighted by Crippen LogP contribution is -2.52. The minimum atomic E-state index is -0.623. The maximum atomic E-state index is 13.0. The molecule has 4 amide bonds. The van der Waals surface area contributed by atoms with Gasteiger partial charge in [-0.05, 0) is 72.9 Å². The smallest absolute Gasteiger partial charge is 0.255 e. The van der Waals surface area contributed by atoms with Gasteiger partial charge in [0, 0.05) is 35.5 Å². The summed E-state index contributed by atoms with van der Waals surface area (Å²) in [4.78, 5) is 51.9. The molecule has 2 aromatic carbocycles. The van der Waals surface area contributed by atoms with Crippen LogP contribution in [0.3, 0.4) is 0 Å². The van der Waals surface area contributed by atoms with Gasteiger partial charge in [0.15, 0.2) is 0 Å². The number of nitrogens with one attached hydrogen (secondary N) is 2. The normalized spacial score (nSPS) is 17.5. The standard InChI is InChI=1S/C26H29N3O4S/c1-3-12-34-22-9-7-19(13-16(22)2)27-23(30)10-5-17-4-6-18-15-29(26(33)20(18)14-17)21-8-11-24(31)28-25(21)32/h4,6-7,9,13-14,21H,3,5,8,10-12,15H2,1-2H3,(H,27,30)(H,28,31,32). The largest absolute Gasteiger partial charge is 0.326 e.